The van der Waals surface area contributed by atoms with Crippen LogP contribution in [-0.4, -0.2) is 41.4 Å². The van der Waals surface area contributed by atoms with Gasteiger partial charge in [0.1, 0.15) is 0 Å². The van der Waals surface area contributed by atoms with Crippen LogP contribution in [0.1, 0.15) is 24.5 Å². The SMILES string of the molecule is OCC1CCCN(CC(O)c2ccccc2)C1. The first-order chi connectivity index (χ1) is 8.29. The fourth-order valence-corrected chi connectivity index (χ4v) is 2.49. The van der Waals surface area contributed by atoms with E-state index in [1.165, 1.54) is 0 Å². The number of hydrogen-bond donors (Lipinski definition) is 2. The fraction of sp³-hybridized carbons (Fsp3) is 0.571. The molecule has 1 saturated heterocycles. The van der Waals surface area contributed by atoms with Gasteiger partial charge < -0.3 is 15.1 Å². The summed E-state index contributed by atoms with van der Waals surface area (Å²) in [6.45, 7) is 2.86. The third-order valence-corrected chi connectivity index (χ3v) is 3.48. The van der Waals surface area contributed by atoms with Crippen LogP contribution in [0.5, 0.6) is 0 Å². The molecule has 2 atom stereocenters. The minimum atomic E-state index is -0.423. The molecule has 1 heterocycles. The molecule has 3 heteroatoms. The van der Waals surface area contributed by atoms with Crippen molar-refractivity contribution in [3.8, 4) is 0 Å². The van der Waals surface area contributed by atoms with E-state index >= 15 is 0 Å². The summed E-state index contributed by atoms with van der Waals surface area (Å²) in [7, 11) is 0. The molecule has 1 aliphatic rings. The quantitative estimate of drug-likeness (QED) is 0.829. The van der Waals surface area contributed by atoms with Gasteiger partial charge in [-0.15, -0.1) is 0 Å². The zero-order valence-electron chi connectivity index (χ0n) is 10.1. The molecule has 1 aromatic rings. The van der Waals surface area contributed by atoms with Crippen LogP contribution in [-0.2, 0) is 0 Å². The molecule has 0 spiro atoms. The van der Waals surface area contributed by atoms with Crippen molar-refractivity contribution in [2.24, 2.45) is 5.92 Å². The summed E-state index contributed by atoms with van der Waals surface area (Å²) in [6.07, 6.45) is 1.80. The summed E-state index contributed by atoms with van der Waals surface area (Å²) in [5.41, 5.74) is 0.971. The smallest absolute Gasteiger partial charge is 0.0916 e. The maximum absolute atomic E-state index is 10.1. The molecule has 2 N–H and O–H groups in total. The second-order valence-electron chi connectivity index (χ2n) is 4.88. The molecule has 0 aromatic heterocycles. The molecule has 2 rings (SSSR count). The van der Waals surface area contributed by atoms with Gasteiger partial charge in [0.25, 0.3) is 0 Å². The molecule has 0 saturated carbocycles. The zero-order valence-corrected chi connectivity index (χ0v) is 10.1. The molecule has 0 bridgehead atoms. The molecule has 94 valence electrons. The van der Waals surface area contributed by atoms with E-state index in [2.05, 4.69) is 4.90 Å². The predicted octanol–water partition coefficient (Wildman–Crippen LogP) is 1.42. The number of aliphatic hydroxyl groups excluding tert-OH is 2. The molecule has 0 aliphatic carbocycles. The Morgan fingerprint density at radius 3 is 2.76 bits per heavy atom. The highest BCUT2D eigenvalue weighted by molar-refractivity contribution is 5.17. The van der Waals surface area contributed by atoms with Crippen molar-refractivity contribution < 1.29 is 10.2 Å². The van der Waals surface area contributed by atoms with Crippen molar-refractivity contribution in [2.45, 2.75) is 18.9 Å². The number of β-amino-alcohol motifs (C(OH)–C–C–N with tert-alkyl or cyclic N) is 1. The van der Waals surface area contributed by atoms with Crippen LogP contribution in [0.25, 0.3) is 0 Å². The van der Waals surface area contributed by atoms with Gasteiger partial charge in [-0.1, -0.05) is 30.3 Å². The van der Waals surface area contributed by atoms with E-state index in [-0.39, 0.29) is 6.61 Å². The van der Waals surface area contributed by atoms with E-state index in [4.69, 9.17) is 0 Å². The van der Waals surface area contributed by atoms with Gasteiger partial charge >= 0.3 is 0 Å². The Labute approximate surface area is 103 Å². The first kappa shape index (κ1) is 12.6. The highest BCUT2D eigenvalue weighted by Crippen LogP contribution is 2.19. The molecule has 1 aromatic carbocycles. The number of aliphatic hydroxyl groups is 2. The van der Waals surface area contributed by atoms with E-state index in [1.807, 2.05) is 30.3 Å². The van der Waals surface area contributed by atoms with E-state index in [0.717, 1.165) is 31.5 Å². The lowest BCUT2D eigenvalue weighted by molar-refractivity contribution is 0.0678. The third kappa shape index (κ3) is 3.53. The predicted molar refractivity (Wildman–Crippen MR) is 67.7 cm³/mol. The maximum atomic E-state index is 10.1. The van der Waals surface area contributed by atoms with E-state index in [9.17, 15) is 10.2 Å². The molecule has 2 unspecified atom stereocenters. The van der Waals surface area contributed by atoms with Gasteiger partial charge in [-0.3, -0.25) is 0 Å². The number of piperidine rings is 1. The minimum Gasteiger partial charge on any atom is -0.396 e. The molecular formula is C14H21NO2. The Hall–Kier alpha value is -0.900. The van der Waals surface area contributed by atoms with Gasteiger partial charge in [0, 0.05) is 19.7 Å². The van der Waals surface area contributed by atoms with Crippen LogP contribution in [0.2, 0.25) is 0 Å². The average Bonchev–Trinajstić information content (AvgIpc) is 2.40. The van der Waals surface area contributed by atoms with Crippen molar-refractivity contribution in [3.05, 3.63) is 35.9 Å². The lowest BCUT2D eigenvalue weighted by Gasteiger charge is -2.33. The number of nitrogens with zero attached hydrogens (tertiary/aromatic N) is 1. The van der Waals surface area contributed by atoms with Crippen LogP contribution in [0.3, 0.4) is 0 Å². The Balaban J connectivity index is 1.88. The summed E-state index contributed by atoms with van der Waals surface area (Å²) in [4.78, 5) is 2.25. The fourth-order valence-electron chi connectivity index (χ4n) is 2.49. The number of rotatable bonds is 4. The largest absolute Gasteiger partial charge is 0.396 e. The van der Waals surface area contributed by atoms with Gasteiger partial charge in [-0.25, -0.2) is 0 Å². The van der Waals surface area contributed by atoms with Crippen molar-refractivity contribution in [3.63, 3.8) is 0 Å². The Bertz CT molecular complexity index is 328. The molecular weight excluding hydrogens is 214 g/mol. The summed E-state index contributed by atoms with van der Waals surface area (Å²) in [5.74, 6) is 0.381. The van der Waals surface area contributed by atoms with E-state index in [1.54, 1.807) is 0 Å². The highest BCUT2D eigenvalue weighted by atomic mass is 16.3. The number of hydrogen-bond acceptors (Lipinski definition) is 3. The van der Waals surface area contributed by atoms with Crippen molar-refractivity contribution in [2.75, 3.05) is 26.2 Å². The Kier molecular flexibility index (Phi) is 4.54. The summed E-state index contributed by atoms with van der Waals surface area (Å²) in [6, 6.07) is 9.77. The van der Waals surface area contributed by atoms with Crippen molar-refractivity contribution in [1.82, 2.24) is 4.90 Å². The van der Waals surface area contributed by atoms with Crippen LogP contribution >= 0.6 is 0 Å². The number of benzene rings is 1. The lowest BCUT2D eigenvalue weighted by Crippen LogP contribution is -2.39. The number of likely N-dealkylation sites (tertiary alicyclic amines) is 1. The lowest BCUT2D eigenvalue weighted by atomic mass is 9.98. The molecule has 0 radical (unpaired) electrons. The third-order valence-electron chi connectivity index (χ3n) is 3.48. The van der Waals surface area contributed by atoms with E-state index < -0.39 is 6.10 Å². The van der Waals surface area contributed by atoms with E-state index in [0.29, 0.717) is 12.5 Å². The maximum Gasteiger partial charge on any atom is 0.0916 e. The van der Waals surface area contributed by atoms with Gasteiger partial charge in [0.2, 0.25) is 0 Å². The monoisotopic (exact) mass is 235 g/mol. The van der Waals surface area contributed by atoms with Crippen molar-refractivity contribution in [1.29, 1.82) is 0 Å². The summed E-state index contributed by atoms with van der Waals surface area (Å²) in [5, 5.41) is 19.3. The van der Waals surface area contributed by atoms with Gasteiger partial charge in [-0.2, -0.15) is 0 Å². The average molecular weight is 235 g/mol. The van der Waals surface area contributed by atoms with Gasteiger partial charge in [-0.05, 0) is 30.9 Å². The molecule has 1 fully saturated rings. The Morgan fingerprint density at radius 1 is 1.29 bits per heavy atom. The van der Waals surface area contributed by atoms with Crippen LogP contribution in [0.4, 0.5) is 0 Å². The second kappa shape index (κ2) is 6.15. The van der Waals surface area contributed by atoms with Gasteiger partial charge in [0.15, 0.2) is 0 Å². The minimum absolute atomic E-state index is 0.262. The molecule has 0 amide bonds. The standard InChI is InChI=1S/C14H21NO2/c16-11-12-5-4-8-15(9-12)10-14(17)13-6-2-1-3-7-13/h1-3,6-7,12,14,16-17H,4-5,8-11H2. The summed E-state index contributed by atoms with van der Waals surface area (Å²) < 4.78 is 0. The molecule has 3 nitrogen and oxygen atoms in total. The van der Waals surface area contributed by atoms with Crippen LogP contribution in [0.15, 0.2) is 30.3 Å². The zero-order chi connectivity index (χ0) is 12.1. The van der Waals surface area contributed by atoms with Gasteiger partial charge in [0.05, 0.1) is 6.10 Å². The first-order valence-electron chi connectivity index (χ1n) is 6.36. The van der Waals surface area contributed by atoms with Crippen LogP contribution in [0, 0.1) is 5.92 Å². The summed E-state index contributed by atoms with van der Waals surface area (Å²) >= 11 is 0. The van der Waals surface area contributed by atoms with Crippen molar-refractivity contribution >= 4 is 0 Å². The first-order valence-corrected chi connectivity index (χ1v) is 6.36. The Morgan fingerprint density at radius 2 is 2.06 bits per heavy atom. The normalized spacial score (nSPS) is 23.5. The topological polar surface area (TPSA) is 43.7 Å². The highest BCUT2D eigenvalue weighted by Gasteiger charge is 2.21. The van der Waals surface area contributed by atoms with Crippen LogP contribution < -0.4 is 0 Å². The molecule has 17 heavy (non-hydrogen) atoms. The molecule has 1 aliphatic heterocycles. The second-order valence-corrected chi connectivity index (χ2v) is 4.88.